The van der Waals surface area contributed by atoms with Crippen molar-refractivity contribution in [2.75, 3.05) is 0 Å². The van der Waals surface area contributed by atoms with Crippen LogP contribution in [0, 0.1) is 0 Å². The number of aromatic nitrogens is 1. The Hall–Kier alpha value is -2.72. The molecule has 0 saturated heterocycles. The van der Waals surface area contributed by atoms with Gasteiger partial charge in [-0.2, -0.15) is 4.57 Å². The Morgan fingerprint density at radius 2 is 1.26 bits per heavy atom. The van der Waals surface area contributed by atoms with E-state index in [1.165, 1.54) is 39.1 Å². The predicted molar refractivity (Wildman–Crippen MR) is 128 cm³/mol. The second-order valence-electron chi connectivity index (χ2n) is 8.03. The molecule has 4 aromatic rings. The molecule has 0 saturated carbocycles. The highest BCUT2D eigenvalue weighted by Crippen LogP contribution is 2.27. The van der Waals surface area contributed by atoms with Crippen LogP contribution in [0.5, 0.6) is 0 Å². The second kappa shape index (κ2) is 10.5. The number of nitrogens with zero attached hydrogens (tertiary/aromatic N) is 1. The average Bonchev–Trinajstić information content (AvgIpc) is 2.79. The number of pyridine rings is 1. The van der Waals surface area contributed by atoms with Gasteiger partial charge in [-0.25, -0.2) is 0 Å². The molecule has 4 rings (SSSR count). The summed E-state index contributed by atoms with van der Waals surface area (Å²) in [7, 11) is 2.13. The lowest BCUT2D eigenvalue weighted by molar-refractivity contribution is -0.660. The molecule has 0 amide bonds. The van der Waals surface area contributed by atoms with E-state index in [9.17, 15) is 0 Å². The zero-order valence-corrected chi connectivity index (χ0v) is 20.5. The maximum atomic E-state index is 2.29. The van der Waals surface area contributed by atoms with Gasteiger partial charge in [-0.15, -0.1) is 0 Å². The van der Waals surface area contributed by atoms with Crippen LogP contribution in [-0.2, 0) is 7.05 Å². The standard InChI is InChI=1S/C29H28N.HI/c1-22(2)24-17-14-23(15-18-24)16-19-27-20-28(25-10-6-4-7-11-25)21-30(3)29(27)26-12-8-5-9-13-26;/h4-22H,1-3H3;1H/q+1;/p-1/b19-16+;. The summed E-state index contributed by atoms with van der Waals surface area (Å²) in [6.45, 7) is 4.46. The summed E-state index contributed by atoms with van der Waals surface area (Å²) in [5, 5.41) is 0. The Labute approximate surface area is 203 Å². The van der Waals surface area contributed by atoms with E-state index in [2.05, 4.69) is 135 Å². The van der Waals surface area contributed by atoms with Gasteiger partial charge < -0.3 is 24.0 Å². The predicted octanol–water partition coefficient (Wildman–Crippen LogP) is 4.14. The summed E-state index contributed by atoms with van der Waals surface area (Å²) in [6.07, 6.45) is 6.66. The zero-order valence-electron chi connectivity index (χ0n) is 18.3. The zero-order chi connectivity index (χ0) is 20.9. The molecule has 1 heterocycles. The minimum Gasteiger partial charge on any atom is -1.00 e. The van der Waals surface area contributed by atoms with Crippen molar-refractivity contribution in [2.24, 2.45) is 7.05 Å². The number of hydrogen-bond donors (Lipinski definition) is 0. The number of halogens is 1. The van der Waals surface area contributed by atoms with Gasteiger partial charge in [-0.1, -0.05) is 92.7 Å². The van der Waals surface area contributed by atoms with Gasteiger partial charge in [0.2, 0.25) is 5.69 Å². The molecule has 0 unspecified atom stereocenters. The molecule has 0 spiro atoms. The van der Waals surface area contributed by atoms with Crippen LogP contribution >= 0.6 is 0 Å². The van der Waals surface area contributed by atoms with Crippen molar-refractivity contribution in [1.29, 1.82) is 0 Å². The van der Waals surface area contributed by atoms with Crippen LogP contribution in [0.2, 0.25) is 0 Å². The van der Waals surface area contributed by atoms with Gasteiger partial charge in [0.25, 0.3) is 0 Å². The fraction of sp³-hybridized carbons (Fsp3) is 0.138. The smallest absolute Gasteiger partial charge is 0.219 e. The minimum atomic E-state index is 0. The lowest BCUT2D eigenvalue weighted by Crippen LogP contribution is -3.00. The maximum Gasteiger partial charge on any atom is 0.219 e. The van der Waals surface area contributed by atoms with Crippen molar-refractivity contribution in [3.8, 4) is 22.4 Å². The number of rotatable bonds is 5. The van der Waals surface area contributed by atoms with E-state index < -0.39 is 0 Å². The molecule has 0 aliphatic rings. The van der Waals surface area contributed by atoms with Crippen molar-refractivity contribution in [3.63, 3.8) is 0 Å². The van der Waals surface area contributed by atoms with E-state index in [4.69, 9.17) is 0 Å². The van der Waals surface area contributed by atoms with Crippen LogP contribution in [0.4, 0.5) is 0 Å². The molecule has 0 atom stereocenters. The highest BCUT2D eigenvalue weighted by Gasteiger charge is 2.17. The SMILES string of the molecule is CC(C)c1ccc(/C=C/c2cc(-c3ccccc3)c[n+](C)c2-c2ccccc2)cc1.[I-]. The van der Waals surface area contributed by atoms with E-state index in [0.717, 1.165) is 0 Å². The lowest BCUT2D eigenvalue weighted by Gasteiger charge is -2.09. The molecule has 1 nitrogen and oxygen atoms in total. The molecule has 1 aromatic heterocycles. The number of hydrogen-bond acceptors (Lipinski definition) is 0. The van der Waals surface area contributed by atoms with E-state index in [1.54, 1.807) is 0 Å². The summed E-state index contributed by atoms with van der Waals surface area (Å²) in [4.78, 5) is 0. The molecular weight excluding hydrogens is 489 g/mol. The van der Waals surface area contributed by atoms with Crippen molar-refractivity contribution >= 4 is 12.2 Å². The molecule has 0 aliphatic carbocycles. The second-order valence-corrected chi connectivity index (χ2v) is 8.03. The van der Waals surface area contributed by atoms with Gasteiger partial charge in [0.05, 0.1) is 0 Å². The number of benzene rings is 3. The Balaban J connectivity index is 0.00000272. The van der Waals surface area contributed by atoms with Crippen molar-refractivity contribution in [2.45, 2.75) is 19.8 Å². The molecule has 0 fully saturated rings. The Bertz CT molecular complexity index is 1140. The lowest BCUT2D eigenvalue weighted by atomic mass is 9.98. The summed E-state index contributed by atoms with van der Waals surface area (Å²) in [5.41, 5.74) is 8.66. The summed E-state index contributed by atoms with van der Waals surface area (Å²) in [5.74, 6) is 0.550. The molecule has 156 valence electrons. The molecule has 0 bridgehead atoms. The topological polar surface area (TPSA) is 3.88 Å². The Morgan fingerprint density at radius 3 is 1.84 bits per heavy atom. The van der Waals surface area contributed by atoms with Gasteiger partial charge in [0, 0.05) is 16.7 Å². The number of aryl methyl sites for hydroxylation is 1. The van der Waals surface area contributed by atoms with Gasteiger partial charge >= 0.3 is 0 Å². The average molecular weight is 517 g/mol. The molecule has 3 aromatic carbocycles. The van der Waals surface area contributed by atoms with Crippen LogP contribution in [0.1, 0.15) is 36.5 Å². The summed E-state index contributed by atoms with van der Waals surface area (Å²) >= 11 is 0. The van der Waals surface area contributed by atoms with Crippen molar-refractivity contribution < 1.29 is 28.5 Å². The fourth-order valence-corrected chi connectivity index (χ4v) is 3.81. The largest absolute Gasteiger partial charge is 1.00 e. The Kier molecular flexibility index (Phi) is 7.80. The third-order valence-electron chi connectivity index (χ3n) is 5.48. The summed E-state index contributed by atoms with van der Waals surface area (Å²) in [6, 6.07) is 32.3. The van der Waals surface area contributed by atoms with Crippen LogP contribution in [0.25, 0.3) is 34.5 Å². The normalized spacial score (nSPS) is 11.0. The monoisotopic (exact) mass is 517 g/mol. The molecular formula is C29H28IN. The fourth-order valence-electron chi connectivity index (χ4n) is 3.81. The van der Waals surface area contributed by atoms with Gasteiger partial charge in [0.1, 0.15) is 7.05 Å². The minimum absolute atomic E-state index is 0. The van der Waals surface area contributed by atoms with E-state index in [0.29, 0.717) is 5.92 Å². The molecule has 0 aliphatic heterocycles. The molecule has 2 heteroatoms. The molecule has 31 heavy (non-hydrogen) atoms. The van der Waals surface area contributed by atoms with Gasteiger partial charge in [-0.3, -0.25) is 0 Å². The van der Waals surface area contributed by atoms with E-state index >= 15 is 0 Å². The van der Waals surface area contributed by atoms with Crippen molar-refractivity contribution in [3.05, 3.63) is 114 Å². The van der Waals surface area contributed by atoms with Crippen LogP contribution in [-0.4, -0.2) is 0 Å². The Morgan fingerprint density at radius 1 is 0.677 bits per heavy atom. The maximum absolute atomic E-state index is 2.29. The highest BCUT2D eigenvalue weighted by molar-refractivity contribution is 5.80. The van der Waals surface area contributed by atoms with Crippen LogP contribution in [0.3, 0.4) is 0 Å². The van der Waals surface area contributed by atoms with Gasteiger partial charge in [0.15, 0.2) is 6.20 Å². The van der Waals surface area contributed by atoms with Crippen LogP contribution in [0.15, 0.2) is 97.2 Å². The molecule has 0 radical (unpaired) electrons. The first-order valence-electron chi connectivity index (χ1n) is 10.5. The third kappa shape index (κ3) is 5.50. The van der Waals surface area contributed by atoms with Gasteiger partial charge in [-0.05, 0) is 46.9 Å². The quantitative estimate of drug-likeness (QED) is 0.277. The summed E-state index contributed by atoms with van der Waals surface area (Å²) < 4.78 is 2.24. The molecule has 0 N–H and O–H groups in total. The first kappa shape index (κ1) is 23.0. The first-order chi connectivity index (χ1) is 14.6. The van der Waals surface area contributed by atoms with Crippen LogP contribution < -0.4 is 28.5 Å². The van der Waals surface area contributed by atoms with E-state index in [-0.39, 0.29) is 24.0 Å². The van der Waals surface area contributed by atoms with Crippen molar-refractivity contribution in [1.82, 2.24) is 0 Å². The van der Waals surface area contributed by atoms with E-state index in [1.807, 2.05) is 0 Å². The highest BCUT2D eigenvalue weighted by atomic mass is 127. The first-order valence-corrected chi connectivity index (χ1v) is 10.5. The third-order valence-corrected chi connectivity index (χ3v) is 5.48.